The predicted octanol–water partition coefficient (Wildman–Crippen LogP) is 3.26. The quantitative estimate of drug-likeness (QED) is 0.906. The summed E-state index contributed by atoms with van der Waals surface area (Å²) < 4.78 is 28.0. The predicted molar refractivity (Wildman–Crippen MR) is 99.1 cm³/mol. The van der Waals surface area contributed by atoms with Gasteiger partial charge in [0.15, 0.2) is 0 Å². The summed E-state index contributed by atoms with van der Waals surface area (Å²) >= 11 is 1.37. The van der Waals surface area contributed by atoms with E-state index in [0.29, 0.717) is 23.8 Å². The lowest BCUT2D eigenvalue weighted by Gasteiger charge is -2.33. The van der Waals surface area contributed by atoms with Gasteiger partial charge in [0, 0.05) is 30.6 Å². The zero-order valence-electron chi connectivity index (χ0n) is 14.4. The molecule has 1 N–H and O–H groups in total. The molecule has 0 aliphatic carbocycles. The molecule has 4 nitrogen and oxygen atoms in total. The minimum atomic E-state index is -3.41. The minimum Gasteiger partial charge on any atom is -0.308 e. The largest absolute Gasteiger partial charge is 0.308 e. The van der Waals surface area contributed by atoms with Gasteiger partial charge in [-0.25, -0.2) is 8.42 Å². The zero-order chi connectivity index (χ0) is 17.3. The Labute approximate surface area is 148 Å². The van der Waals surface area contributed by atoms with Crippen LogP contribution in [0.15, 0.2) is 34.5 Å². The number of sulfonamides is 1. The van der Waals surface area contributed by atoms with E-state index in [4.69, 9.17) is 0 Å². The smallest absolute Gasteiger partial charge is 0.252 e. The summed E-state index contributed by atoms with van der Waals surface area (Å²) in [6.07, 6.45) is 1.01. The summed E-state index contributed by atoms with van der Waals surface area (Å²) in [7, 11) is -3.41. The number of hydrogen-bond acceptors (Lipinski definition) is 4. The van der Waals surface area contributed by atoms with Crippen molar-refractivity contribution in [3.05, 3.63) is 51.9 Å². The highest BCUT2D eigenvalue weighted by Gasteiger charge is 2.31. The second-order valence-electron chi connectivity index (χ2n) is 6.27. The molecule has 0 bridgehead atoms. The summed E-state index contributed by atoms with van der Waals surface area (Å²) in [5.41, 5.74) is 3.48. The Morgan fingerprint density at radius 1 is 1.25 bits per heavy atom. The zero-order valence-corrected chi connectivity index (χ0v) is 16.0. The second-order valence-corrected chi connectivity index (χ2v) is 9.69. The first-order valence-electron chi connectivity index (χ1n) is 8.31. The Balaban J connectivity index is 1.81. The molecule has 130 valence electrons. The minimum absolute atomic E-state index is 0.0431. The normalized spacial score (nSPS) is 19.5. The first kappa shape index (κ1) is 17.6. The van der Waals surface area contributed by atoms with Gasteiger partial charge in [0.05, 0.1) is 0 Å². The lowest BCUT2D eigenvalue weighted by atomic mass is 10.0. The summed E-state index contributed by atoms with van der Waals surface area (Å²) in [5.74, 6) is 0. The molecule has 2 aromatic rings. The van der Waals surface area contributed by atoms with Gasteiger partial charge >= 0.3 is 0 Å². The van der Waals surface area contributed by atoms with Gasteiger partial charge in [0.25, 0.3) is 10.0 Å². The van der Waals surface area contributed by atoms with E-state index in [9.17, 15) is 8.42 Å². The molecule has 1 aliphatic heterocycles. The summed E-state index contributed by atoms with van der Waals surface area (Å²) in [6.45, 7) is 7.72. The number of piperazine rings is 1. The molecule has 2 heterocycles. The van der Waals surface area contributed by atoms with E-state index in [1.54, 1.807) is 10.4 Å². The highest BCUT2D eigenvalue weighted by atomic mass is 32.2. The first-order chi connectivity index (χ1) is 11.4. The molecule has 1 aliphatic rings. The van der Waals surface area contributed by atoms with E-state index >= 15 is 0 Å². The van der Waals surface area contributed by atoms with Gasteiger partial charge in [-0.05, 0) is 43.0 Å². The third-order valence-electron chi connectivity index (χ3n) is 4.67. The van der Waals surface area contributed by atoms with Crippen molar-refractivity contribution >= 4 is 21.4 Å². The number of rotatable bonds is 4. The maximum Gasteiger partial charge on any atom is 0.252 e. The van der Waals surface area contributed by atoms with Crippen LogP contribution in [-0.2, 0) is 16.4 Å². The molecule has 1 aromatic carbocycles. The van der Waals surface area contributed by atoms with E-state index in [1.165, 1.54) is 16.9 Å². The van der Waals surface area contributed by atoms with Crippen LogP contribution in [0.5, 0.6) is 0 Å². The molecule has 0 amide bonds. The van der Waals surface area contributed by atoms with Gasteiger partial charge in [-0.3, -0.25) is 0 Å². The second kappa shape index (κ2) is 6.96. The highest BCUT2D eigenvalue weighted by Crippen LogP contribution is 2.29. The number of benzene rings is 1. The molecule has 6 heteroatoms. The molecule has 3 rings (SSSR count). The fourth-order valence-corrected chi connectivity index (χ4v) is 6.07. The number of thiophene rings is 1. The Morgan fingerprint density at radius 2 is 1.96 bits per heavy atom. The fraction of sp³-hybridized carbons (Fsp3) is 0.444. The molecular formula is C18H24N2O2S2. The van der Waals surface area contributed by atoms with Gasteiger partial charge in [0.2, 0.25) is 0 Å². The van der Waals surface area contributed by atoms with Gasteiger partial charge < -0.3 is 5.32 Å². The van der Waals surface area contributed by atoms with Gasteiger partial charge in [-0.1, -0.05) is 31.2 Å². The number of nitrogens with one attached hydrogen (secondary N) is 1. The summed E-state index contributed by atoms with van der Waals surface area (Å²) in [5, 5.41) is 3.44. The van der Waals surface area contributed by atoms with Crippen molar-refractivity contribution in [2.24, 2.45) is 0 Å². The SMILES string of the molecule is CCc1ccc(C2CN(S(=O)(=O)c3cc(C)c(C)s3)CCN2)cc1. The average molecular weight is 365 g/mol. The molecule has 24 heavy (non-hydrogen) atoms. The third-order valence-corrected chi connectivity index (χ3v) is 8.13. The maximum atomic E-state index is 12.9. The average Bonchev–Trinajstić information content (AvgIpc) is 2.95. The Bertz CT molecular complexity index is 791. The maximum absolute atomic E-state index is 12.9. The van der Waals surface area contributed by atoms with E-state index in [0.717, 1.165) is 22.4 Å². The molecule has 1 atom stereocenters. The van der Waals surface area contributed by atoms with Crippen LogP contribution in [0.2, 0.25) is 0 Å². The number of aryl methyl sites for hydroxylation is 3. The highest BCUT2D eigenvalue weighted by molar-refractivity contribution is 7.91. The van der Waals surface area contributed by atoms with Crippen LogP contribution < -0.4 is 5.32 Å². The Hall–Kier alpha value is -1.21. The molecule has 1 unspecified atom stereocenters. The first-order valence-corrected chi connectivity index (χ1v) is 10.6. The monoisotopic (exact) mass is 364 g/mol. The molecule has 0 spiro atoms. The van der Waals surface area contributed by atoms with Gasteiger partial charge in [-0.15, -0.1) is 11.3 Å². The number of nitrogens with zero attached hydrogens (tertiary/aromatic N) is 1. The molecule has 1 saturated heterocycles. The van der Waals surface area contributed by atoms with Crippen molar-refractivity contribution in [3.8, 4) is 0 Å². The van der Waals surface area contributed by atoms with Crippen molar-refractivity contribution < 1.29 is 8.42 Å². The lowest BCUT2D eigenvalue weighted by molar-refractivity contribution is 0.302. The molecule has 0 radical (unpaired) electrons. The van der Waals surface area contributed by atoms with Crippen LogP contribution in [0.25, 0.3) is 0 Å². The standard InChI is InChI=1S/C18H24N2O2S2/c1-4-15-5-7-16(8-6-15)17-12-20(10-9-19-17)24(21,22)18-11-13(2)14(3)23-18/h5-8,11,17,19H,4,9-10,12H2,1-3H3. The molecule has 1 fully saturated rings. The third kappa shape index (κ3) is 3.42. The van der Waals surface area contributed by atoms with Crippen molar-refractivity contribution in [2.75, 3.05) is 19.6 Å². The van der Waals surface area contributed by atoms with Crippen LogP contribution in [-0.4, -0.2) is 32.4 Å². The van der Waals surface area contributed by atoms with E-state index in [-0.39, 0.29) is 6.04 Å². The van der Waals surface area contributed by atoms with E-state index in [2.05, 4.69) is 36.5 Å². The van der Waals surface area contributed by atoms with Crippen LogP contribution in [0, 0.1) is 13.8 Å². The Kier molecular flexibility index (Phi) is 5.11. The Morgan fingerprint density at radius 3 is 2.54 bits per heavy atom. The van der Waals surface area contributed by atoms with Crippen molar-refractivity contribution in [1.82, 2.24) is 9.62 Å². The molecule has 1 aromatic heterocycles. The fourth-order valence-electron chi connectivity index (χ4n) is 2.94. The van der Waals surface area contributed by atoms with Gasteiger partial charge in [0.1, 0.15) is 4.21 Å². The number of hydrogen-bond donors (Lipinski definition) is 1. The lowest BCUT2D eigenvalue weighted by Crippen LogP contribution is -2.48. The van der Waals surface area contributed by atoms with Crippen LogP contribution in [0.3, 0.4) is 0 Å². The van der Waals surface area contributed by atoms with Crippen molar-refractivity contribution in [2.45, 2.75) is 37.4 Å². The van der Waals surface area contributed by atoms with Crippen molar-refractivity contribution in [3.63, 3.8) is 0 Å². The van der Waals surface area contributed by atoms with Crippen molar-refractivity contribution in [1.29, 1.82) is 0 Å². The molecule has 0 saturated carbocycles. The van der Waals surface area contributed by atoms with Crippen LogP contribution >= 0.6 is 11.3 Å². The van der Waals surface area contributed by atoms with Crippen LogP contribution in [0.1, 0.15) is 34.5 Å². The van der Waals surface area contributed by atoms with E-state index in [1.807, 2.05) is 13.8 Å². The van der Waals surface area contributed by atoms with Crippen LogP contribution in [0.4, 0.5) is 0 Å². The van der Waals surface area contributed by atoms with E-state index < -0.39 is 10.0 Å². The summed E-state index contributed by atoms with van der Waals surface area (Å²) in [6, 6.07) is 10.3. The molecular weight excluding hydrogens is 340 g/mol. The van der Waals surface area contributed by atoms with Gasteiger partial charge in [-0.2, -0.15) is 4.31 Å². The topological polar surface area (TPSA) is 49.4 Å². The summed E-state index contributed by atoms with van der Waals surface area (Å²) in [4.78, 5) is 1.07.